The van der Waals surface area contributed by atoms with Gasteiger partial charge in [-0.05, 0) is 12.5 Å². The Kier molecular flexibility index (Phi) is 3.75. The zero-order chi connectivity index (χ0) is 16.4. The number of aromatic amines is 1. The number of hydrogen-bond acceptors (Lipinski definition) is 5. The van der Waals surface area contributed by atoms with Gasteiger partial charge in [0.05, 0.1) is 5.39 Å². The fourth-order valence-electron chi connectivity index (χ4n) is 2.36. The van der Waals surface area contributed by atoms with Gasteiger partial charge in [-0.2, -0.15) is 5.10 Å². The van der Waals surface area contributed by atoms with Gasteiger partial charge in [-0.15, -0.1) is 0 Å². The van der Waals surface area contributed by atoms with Crippen LogP contribution in [-0.2, 0) is 9.59 Å². The van der Waals surface area contributed by atoms with Crippen molar-refractivity contribution in [2.75, 3.05) is 0 Å². The first-order valence-corrected chi connectivity index (χ1v) is 6.93. The molecule has 1 atom stereocenters. The van der Waals surface area contributed by atoms with E-state index < -0.39 is 23.4 Å². The van der Waals surface area contributed by atoms with E-state index in [1.165, 1.54) is 0 Å². The SMILES string of the molecule is O=C1CCC(C(=O)NNC(=O)c2n[nH]c(=O)c3ccccc23)N1. The first-order chi connectivity index (χ1) is 11.1. The highest BCUT2D eigenvalue weighted by atomic mass is 16.2. The molecule has 1 fully saturated rings. The second kappa shape index (κ2) is 5.87. The molecule has 0 saturated carbocycles. The largest absolute Gasteiger partial charge is 0.344 e. The number of carbonyl (C=O) groups excluding carboxylic acids is 3. The van der Waals surface area contributed by atoms with Crippen molar-refractivity contribution >= 4 is 28.5 Å². The Bertz CT molecular complexity index is 860. The van der Waals surface area contributed by atoms with Crippen molar-refractivity contribution in [2.24, 2.45) is 0 Å². The Labute approximate surface area is 129 Å². The highest BCUT2D eigenvalue weighted by Gasteiger charge is 2.27. The van der Waals surface area contributed by atoms with E-state index in [2.05, 4.69) is 26.4 Å². The third-order valence-corrected chi connectivity index (χ3v) is 3.52. The summed E-state index contributed by atoms with van der Waals surface area (Å²) in [6, 6.07) is 5.84. The van der Waals surface area contributed by atoms with Gasteiger partial charge in [0.2, 0.25) is 5.91 Å². The molecule has 2 aromatic rings. The molecule has 0 radical (unpaired) electrons. The van der Waals surface area contributed by atoms with E-state index in [9.17, 15) is 19.2 Å². The first-order valence-electron chi connectivity index (χ1n) is 6.93. The van der Waals surface area contributed by atoms with Crippen LogP contribution in [-0.4, -0.2) is 34.0 Å². The molecule has 9 heteroatoms. The van der Waals surface area contributed by atoms with Gasteiger partial charge < -0.3 is 5.32 Å². The number of nitrogens with zero attached hydrogens (tertiary/aromatic N) is 1. The maximum atomic E-state index is 12.2. The van der Waals surface area contributed by atoms with E-state index in [1.54, 1.807) is 24.3 Å². The van der Waals surface area contributed by atoms with E-state index in [4.69, 9.17) is 0 Å². The van der Waals surface area contributed by atoms with Crippen LogP contribution < -0.4 is 21.7 Å². The summed E-state index contributed by atoms with van der Waals surface area (Å²) in [6.07, 6.45) is 0.651. The lowest BCUT2D eigenvalue weighted by Crippen LogP contribution is -2.49. The minimum Gasteiger partial charge on any atom is -0.344 e. The van der Waals surface area contributed by atoms with Gasteiger partial charge in [0, 0.05) is 11.8 Å². The van der Waals surface area contributed by atoms with Crippen LogP contribution >= 0.6 is 0 Å². The van der Waals surface area contributed by atoms with Crippen LogP contribution in [0.15, 0.2) is 29.1 Å². The van der Waals surface area contributed by atoms with Crippen molar-refractivity contribution in [2.45, 2.75) is 18.9 Å². The first kappa shape index (κ1) is 14.7. The van der Waals surface area contributed by atoms with Crippen molar-refractivity contribution < 1.29 is 14.4 Å². The molecule has 1 aliphatic rings. The highest BCUT2D eigenvalue weighted by Crippen LogP contribution is 2.12. The number of nitrogens with one attached hydrogen (secondary N) is 4. The lowest BCUT2D eigenvalue weighted by atomic mass is 10.1. The molecule has 1 aromatic carbocycles. The van der Waals surface area contributed by atoms with Crippen LogP contribution in [0.1, 0.15) is 23.3 Å². The lowest BCUT2D eigenvalue weighted by molar-refractivity contribution is -0.126. The van der Waals surface area contributed by atoms with Gasteiger partial charge in [-0.1, -0.05) is 18.2 Å². The normalized spacial score (nSPS) is 16.9. The fraction of sp³-hybridized carbons (Fsp3) is 0.214. The van der Waals surface area contributed by atoms with E-state index in [0.29, 0.717) is 17.2 Å². The molecule has 9 nitrogen and oxygen atoms in total. The minimum absolute atomic E-state index is 0.0176. The van der Waals surface area contributed by atoms with Gasteiger partial charge in [0.25, 0.3) is 17.4 Å². The smallest absolute Gasteiger partial charge is 0.290 e. The third-order valence-electron chi connectivity index (χ3n) is 3.52. The zero-order valence-electron chi connectivity index (χ0n) is 11.9. The molecule has 1 aliphatic heterocycles. The second-order valence-corrected chi connectivity index (χ2v) is 5.05. The molecule has 118 valence electrons. The molecule has 1 saturated heterocycles. The highest BCUT2D eigenvalue weighted by molar-refractivity contribution is 6.05. The summed E-state index contributed by atoms with van der Waals surface area (Å²) >= 11 is 0. The average molecular weight is 315 g/mol. The van der Waals surface area contributed by atoms with Gasteiger partial charge in [0.15, 0.2) is 5.69 Å². The summed E-state index contributed by atoms with van der Waals surface area (Å²) in [6.45, 7) is 0. The maximum Gasteiger partial charge on any atom is 0.290 e. The number of carbonyl (C=O) groups is 3. The Morgan fingerprint density at radius 1 is 1.13 bits per heavy atom. The van der Waals surface area contributed by atoms with Crippen molar-refractivity contribution in [1.82, 2.24) is 26.4 Å². The van der Waals surface area contributed by atoms with Crippen LogP contribution in [0.25, 0.3) is 10.8 Å². The van der Waals surface area contributed by atoms with E-state index in [-0.39, 0.29) is 18.0 Å². The summed E-state index contributed by atoms with van der Waals surface area (Å²) in [5.74, 6) is -1.39. The number of amides is 3. The zero-order valence-corrected chi connectivity index (χ0v) is 11.9. The van der Waals surface area contributed by atoms with Crippen LogP contribution in [0.2, 0.25) is 0 Å². The molecular formula is C14H13N5O4. The van der Waals surface area contributed by atoms with Crippen molar-refractivity contribution in [1.29, 1.82) is 0 Å². The number of hydrazine groups is 1. The van der Waals surface area contributed by atoms with Gasteiger partial charge in [-0.25, -0.2) is 5.10 Å². The quantitative estimate of drug-likeness (QED) is 0.526. The fourth-order valence-corrected chi connectivity index (χ4v) is 2.36. The number of benzene rings is 1. The van der Waals surface area contributed by atoms with E-state index in [1.807, 2.05) is 0 Å². The Morgan fingerprint density at radius 2 is 1.87 bits per heavy atom. The number of rotatable bonds is 2. The number of H-pyrrole nitrogens is 1. The molecule has 1 aromatic heterocycles. The van der Waals surface area contributed by atoms with Gasteiger partial charge in [-0.3, -0.25) is 30.0 Å². The summed E-state index contributed by atoms with van der Waals surface area (Å²) in [5.41, 5.74) is 4.04. The number of fused-ring (bicyclic) bond motifs is 1. The Hall–Kier alpha value is -3.23. The number of aromatic nitrogens is 2. The lowest BCUT2D eigenvalue weighted by Gasteiger charge is -2.12. The molecule has 4 N–H and O–H groups in total. The van der Waals surface area contributed by atoms with Gasteiger partial charge >= 0.3 is 0 Å². The summed E-state index contributed by atoms with van der Waals surface area (Å²) in [4.78, 5) is 46.7. The standard InChI is InChI=1S/C14H13N5O4/c20-10-6-5-9(15-10)13(22)18-19-14(23)11-7-3-1-2-4-8(7)12(21)17-16-11/h1-4,9H,5-6H2,(H,15,20)(H,17,21)(H,18,22)(H,19,23). The van der Waals surface area contributed by atoms with Crippen molar-refractivity contribution in [3.8, 4) is 0 Å². The summed E-state index contributed by atoms with van der Waals surface area (Å²) < 4.78 is 0. The molecule has 0 spiro atoms. The van der Waals surface area contributed by atoms with E-state index >= 15 is 0 Å². The average Bonchev–Trinajstić information content (AvgIpc) is 2.99. The van der Waals surface area contributed by atoms with Crippen LogP contribution in [0.4, 0.5) is 0 Å². The maximum absolute atomic E-state index is 12.2. The minimum atomic E-state index is -0.671. The summed E-state index contributed by atoms with van der Waals surface area (Å²) in [7, 11) is 0. The van der Waals surface area contributed by atoms with Crippen LogP contribution in [0, 0.1) is 0 Å². The summed E-state index contributed by atoms with van der Waals surface area (Å²) in [5, 5.41) is 9.14. The monoisotopic (exact) mass is 315 g/mol. The van der Waals surface area contributed by atoms with Crippen molar-refractivity contribution in [3.63, 3.8) is 0 Å². The molecule has 0 bridgehead atoms. The van der Waals surface area contributed by atoms with Gasteiger partial charge in [0.1, 0.15) is 6.04 Å². The van der Waals surface area contributed by atoms with Crippen molar-refractivity contribution in [3.05, 3.63) is 40.3 Å². The van der Waals surface area contributed by atoms with E-state index in [0.717, 1.165) is 0 Å². The third kappa shape index (κ3) is 2.89. The molecule has 0 aliphatic carbocycles. The molecule has 1 unspecified atom stereocenters. The molecule has 23 heavy (non-hydrogen) atoms. The van der Waals surface area contributed by atoms with Crippen LogP contribution in [0.3, 0.4) is 0 Å². The molecule has 2 heterocycles. The number of hydrogen-bond donors (Lipinski definition) is 4. The Balaban J connectivity index is 1.74. The van der Waals surface area contributed by atoms with Crippen LogP contribution in [0.5, 0.6) is 0 Å². The topological polar surface area (TPSA) is 133 Å². The predicted molar refractivity (Wildman–Crippen MR) is 79.1 cm³/mol. The Morgan fingerprint density at radius 3 is 2.57 bits per heavy atom. The molecule has 3 amide bonds. The second-order valence-electron chi connectivity index (χ2n) is 5.05. The predicted octanol–water partition coefficient (Wildman–Crippen LogP) is -1.04. The molecule has 3 rings (SSSR count). The molecular weight excluding hydrogens is 302 g/mol.